The number of ether oxygens (including phenoxy) is 1. The van der Waals surface area contributed by atoms with Gasteiger partial charge in [0.1, 0.15) is 5.60 Å². The van der Waals surface area contributed by atoms with Gasteiger partial charge in [0.15, 0.2) is 0 Å². The second-order valence-electron chi connectivity index (χ2n) is 6.78. The van der Waals surface area contributed by atoms with E-state index in [9.17, 15) is 4.79 Å². The summed E-state index contributed by atoms with van der Waals surface area (Å²) in [4.78, 5) is 15.4. The minimum atomic E-state index is -0.464. The zero-order valence-corrected chi connectivity index (χ0v) is 13.8. The predicted molar refractivity (Wildman–Crippen MR) is 84.5 cm³/mol. The predicted octanol–water partition coefficient (Wildman–Crippen LogP) is 2.83. The molecule has 2 atom stereocenters. The molecule has 3 heterocycles. The zero-order valence-electron chi connectivity index (χ0n) is 13.0. The first-order valence-electron chi connectivity index (χ1n) is 7.42. The van der Waals surface area contributed by atoms with Crippen molar-refractivity contribution in [2.75, 3.05) is 18.8 Å². The van der Waals surface area contributed by atoms with E-state index in [1.54, 1.807) is 11.3 Å². The summed E-state index contributed by atoms with van der Waals surface area (Å²) in [6.45, 7) is 9.44. The van der Waals surface area contributed by atoms with Crippen molar-refractivity contribution in [1.82, 2.24) is 10.2 Å². The van der Waals surface area contributed by atoms with E-state index >= 15 is 0 Å². The third-order valence-electron chi connectivity index (χ3n) is 3.94. The van der Waals surface area contributed by atoms with Gasteiger partial charge in [0, 0.05) is 29.6 Å². The molecule has 2 aliphatic rings. The van der Waals surface area contributed by atoms with Gasteiger partial charge in [-0.05, 0) is 39.7 Å². The number of hydrogen-bond donors (Lipinski definition) is 2. The number of carbonyl (C=O) groups is 1. The quantitative estimate of drug-likeness (QED) is 0.782. The van der Waals surface area contributed by atoms with Crippen LogP contribution in [0, 0.1) is 0 Å². The van der Waals surface area contributed by atoms with Crippen molar-refractivity contribution >= 4 is 22.4 Å². The lowest BCUT2D eigenvalue weighted by Crippen LogP contribution is -2.41. The van der Waals surface area contributed by atoms with Crippen molar-refractivity contribution in [1.29, 1.82) is 0 Å². The minimum absolute atomic E-state index is 0.0309. The topological polar surface area (TPSA) is 77.5 Å². The summed E-state index contributed by atoms with van der Waals surface area (Å²) in [6, 6.07) is 0.452. The molecule has 1 saturated heterocycles. The Morgan fingerprint density at radius 1 is 1.48 bits per heavy atom. The summed E-state index contributed by atoms with van der Waals surface area (Å²) in [5.41, 5.74) is 8.34. The van der Waals surface area contributed by atoms with Gasteiger partial charge in [-0.25, -0.2) is 4.79 Å². The second-order valence-corrected chi connectivity index (χ2v) is 7.87. The van der Waals surface area contributed by atoms with Crippen LogP contribution in [0.25, 0.3) is 0 Å². The first kappa shape index (κ1) is 14.7. The third-order valence-corrected chi connectivity index (χ3v) is 5.19. The van der Waals surface area contributed by atoms with Crippen LogP contribution < -0.4 is 11.1 Å². The van der Waals surface area contributed by atoms with E-state index in [1.807, 2.05) is 25.7 Å². The highest BCUT2D eigenvalue weighted by atomic mass is 32.1. The number of rotatable bonds is 1. The van der Waals surface area contributed by atoms with Crippen molar-refractivity contribution in [2.24, 2.45) is 0 Å². The molecule has 6 heteroatoms. The Labute approximate surface area is 129 Å². The summed E-state index contributed by atoms with van der Waals surface area (Å²) < 4.78 is 5.51. The number of thiophene rings is 1. The third kappa shape index (κ3) is 2.74. The lowest BCUT2D eigenvalue weighted by Gasteiger charge is -2.35. The van der Waals surface area contributed by atoms with Gasteiger partial charge in [0.25, 0.3) is 0 Å². The summed E-state index contributed by atoms with van der Waals surface area (Å²) in [7, 11) is 0. The van der Waals surface area contributed by atoms with Gasteiger partial charge in [-0.1, -0.05) is 0 Å². The molecule has 2 aliphatic heterocycles. The summed E-state index contributed by atoms with van der Waals surface area (Å²) >= 11 is 1.62. The van der Waals surface area contributed by atoms with Gasteiger partial charge in [0.05, 0.1) is 11.0 Å². The molecule has 1 fully saturated rings. The lowest BCUT2D eigenvalue weighted by molar-refractivity contribution is 0.0163. The summed E-state index contributed by atoms with van der Waals surface area (Å²) in [6.07, 6.45) is 0.624. The van der Waals surface area contributed by atoms with E-state index in [0.29, 0.717) is 12.6 Å². The molecule has 1 amide bonds. The number of carbonyl (C=O) groups excluding carboxylic acids is 1. The summed E-state index contributed by atoms with van der Waals surface area (Å²) in [5.74, 6) is 0. The molecule has 0 spiro atoms. The monoisotopic (exact) mass is 309 g/mol. The highest BCUT2D eigenvalue weighted by Crippen LogP contribution is 2.45. The van der Waals surface area contributed by atoms with Crippen LogP contribution in [0.3, 0.4) is 0 Å². The molecular weight excluding hydrogens is 286 g/mol. The first-order chi connectivity index (χ1) is 9.78. The molecule has 0 aromatic carbocycles. The fourth-order valence-electron chi connectivity index (χ4n) is 2.89. The minimum Gasteiger partial charge on any atom is -0.444 e. The highest BCUT2D eigenvalue weighted by Gasteiger charge is 2.37. The maximum atomic E-state index is 12.3. The van der Waals surface area contributed by atoms with Crippen LogP contribution in [0.2, 0.25) is 0 Å². The molecule has 116 valence electrons. The van der Waals surface area contributed by atoms with Crippen molar-refractivity contribution in [3.05, 3.63) is 16.0 Å². The number of nitrogen functional groups attached to an aromatic ring is 1. The number of nitrogens with one attached hydrogen (secondary N) is 1. The SMILES string of the molecule is C[C@H]1c2sc(N)c(C3CN3)c2CCN1C(=O)OC(C)(C)C. The molecule has 1 aromatic heterocycles. The Morgan fingerprint density at radius 2 is 2.14 bits per heavy atom. The smallest absolute Gasteiger partial charge is 0.410 e. The normalized spacial score (nSPS) is 24.7. The van der Waals surface area contributed by atoms with Gasteiger partial charge in [0.2, 0.25) is 0 Å². The average molecular weight is 309 g/mol. The Balaban J connectivity index is 1.84. The molecule has 21 heavy (non-hydrogen) atoms. The Bertz CT molecular complexity index is 572. The Kier molecular flexibility index (Phi) is 3.41. The molecule has 1 aromatic rings. The van der Waals surface area contributed by atoms with Crippen LogP contribution in [-0.2, 0) is 11.2 Å². The Morgan fingerprint density at radius 3 is 2.71 bits per heavy atom. The molecular formula is C15H23N3O2S. The van der Waals surface area contributed by atoms with Crippen LogP contribution in [0.4, 0.5) is 9.80 Å². The average Bonchev–Trinajstić information content (AvgIpc) is 3.11. The molecule has 5 nitrogen and oxygen atoms in total. The van der Waals surface area contributed by atoms with Crippen LogP contribution in [0.15, 0.2) is 0 Å². The fourth-order valence-corrected chi connectivity index (χ4v) is 4.14. The number of nitrogens with zero attached hydrogens (tertiary/aromatic N) is 1. The fraction of sp³-hybridized carbons (Fsp3) is 0.667. The van der Waals surface area contributed by atoms with Crippen LogP contribution in [-0.4, -0.2) is 29.7 Å². The number of hydrogen-bond acceptors (Lipinski definition) is 5. The molecule has 0 bridgehead atoms. The zero-order chi connectivity index (χ0) is 15.4. The van der Waals surface area contributed by atoms with E-state index in [-0.39, 0.29) is 12.1 Å². The number of anilines is 1. The first-order valence-corrected chi connectivity index (χ1v) is 8.23. The number of amides is 1. The molecule has 3 rings (SSSR count). The lowest BCUT2D eigenvalue weighted by atomic mass is 9.97. The summed E-state index contributed by atoms with van der Waals surface area (Å²) in [5, 5.41) is 4.23. The van der Waals surface area contributed by atoms with Gasteiger partial charge >= 0.3 is 6.09 Å². The number of nitrogens with two attached hydrogens (primary N) is 1. The highest BCUT2D eigenvalue weighted by molar-refractivity contribution is 7.16. The molecule has 3 N–H and O–H groups in total. The second kappa shape index (κ2) is 4.88. The Hall–Kier alpha value is -1.27. The van der Waals surface area contributed by atoms with Crippen molar-refractivity contribution < 1.29 is 9.53 Å². The van der Waals surface area contributed by atoms with Gasteiger partial charge in [-0.2, -0.15) is 0 Å². The van der Waals surface area contributed by atoms with Gasteiger partial charge < -0.3 is 20.7 Å². The van der Waals surface area contributed by atoms with Gasteiger partial charge in [-0.15, -0.1) is 11.3 Å². The van der Waals surface area contributed by atoms with Crippen LogP contribution >= 0.6 is 11.3 Å². The van der Waals surface area contributed by atoms with Crippen LogP contribution in [0.1, 0.15) is 55.8 Å². The maximum Gasteiger partial charge on any atom is 0.410 e. The van der Waals surface area contributed by atoms with Gasteiger partial charge in [-0.3, -0.25) is 0 Å². The molecule has 0 aliphatic carbocycles. The number of fused-ring (bicyclic) bond motifs is 1. The van der Waals surface area contributed by atoms with E-state index in [2.05, 4.69) is 12.2 Å². The largest absolute Gasteiger partial charge is 0.444 e. The maximum absolute atomic E-state index is 12.3. The van der Waals surface area contributed by atoms with E-state index in [4.69, 9.17) is 10.5 Å². The standard InChI is InChI=1S/C15H23N3O2S/c1-8-12-9(11(10-7-17-10)13(16)21-12)5-6-18(8)14(19)20-15(2,3)4/h8,10,17H,5-7,16H2,1-4H3/t8-,10?/m0/s1. The van der Waals surface area contributed by atoms with E-state index < -0.39 is 5.60 Å². The van der Waals surface area contributed by atoms with Crippen LogP contribution in [0.5, 0.6) is 0 Å². The van der Waals surface area contributed by atoms with E-state index in [1.165, 1.54) is 16.0 Å². The molecule has 0 saturated carbocycles. The molecule has 1 unspecified atom stereocenters. The van der Waals surface area contributed by atoms with Crippen molar-refractivity contribution in [2.45, 2.75) is 51.8 Å². The van der Waals surface area contributed by atoms with Crippen molar-refractivity contribution in [3.63, 3.8) is 0 Å². The van der Waals surface area contributed by atoms with Crippen molar-refractivity contribution in [3.8, 4) is 0 Å². The molecule has 0 radical (unpaired) electrons. The van der Waals surface area contributed by atoms with E-state index in [0.717, 1.165) is 18.0 Å².